The van der Waals surface area contributed by atoms with E-state index in [0.717, 1.165) is 38.2 Å². The second-order valence-corrected chi connectivity index (χ2v) is 8.16. The summed E-state index contributed by atoms with van der Waals surface area (Å²) in [7, 11) is 0. The summed E-state index contributed by atoms with van der Waals surface area (Å²) in [4.78, 5) is 24.5. The molecule has 0 radical (unpaired) electrons. The van der Waals surface area contributed by atoms with Gasteiger partial charge < -0.3 is 14.2 Å². The fourth-order valence-corrected chi connectivity index (χ4v) is 3.59. The molecule has 0 saturated heterocycles. The highest BCUT2D eigenvalue weighted by molar-refractivity contribution is 5.94. The van der Waals surface area contributed by atoms with Crippen LogP contribution in [0.4, 0.5) is 4.39 Å². The Morgan fingerprint density at radius 1 is 1.00 bits per heavy atom. The van der Waals surface area contributed by atoms with Gasteiger partial charge in [0, 0.05) is 18.9 Å². The van der Waals surface area contributed by atoms with Crippen LogP contribution in [-0.2, 0) is 9.53 Å². The Kier molecular flexibility index (Phi) is 11.5. The Bertz CT molecular complexity index is 1030. The Balaban J connectivity index is 1.99. The first kappa shape index (κ1) is 27.6. The van der Waals surface area contributed by atoms with Gasteiger partial charge in [-0.15, -0.1) is 0 Å². The average molecular weight is 482 g/mol. The molecule has 6 nitrogen and oxygen atoms in total. The van der Waals surface area contributed by atoms with Crippen molar-refractivity contribution in [3.05, 3.63) is 72.6 Å². The van der Waals surface area contributed by atoms with Gasteiger partial charge in [-0.05, 0) is 37.1 Å². The normalized spacial score (nSPS) is 12.1. The Hall–Kier alpha value is -3.66. The van der Waals surface area contributed by atoms with Crippen LogP contribution in [0.2, 0.25) is 0 Å². The van der Waals surface area contributed by atoms with Gasteiger partial charge in [-0.3, -0.25) is 0 Å². The third kappa shape index (κ3) is 8.90. The van der Waals surface area contributed by atoms with Crippen molar-refractivity contribution in [3.8, 4) is 17.6 Å². The van der Waals surface area contributed by atoms with Crippen molar-refractivity contribution in [2.75, 3.05) is 6.61 Å². The lowest BCUT2D eigenvalue weighted by atomic mass is 9.92. The maximum Gasteiger partial charge on any atom is 0.347 e. The lowest BCUT2D eigenvalue weighted by Gasteiger charge is -2.26. The van der Waals surface area contributed by atoms with E-state index in [0.29, 0.717) is 12.8 Å². The summed E-state index contributed by atoms with van der Waals surface area (Å²) in [6.45, 7) is 5.73. The van der Waals surface area contributed by atoms with E-state index in [2.05, 4.69) is 19.6 Å². The molecule has 2 rings (SSSR count). The summed E-state index contributed by atoms with van der Waals surface area (Å²) in [5.41, 5.74) is -1.11. The van der Waals surface area contributed by atoms with E-state index in [1.807, 2.05) is 0 Å². The maximum absolute atomic E-state index is 13.8. The van der Waals surface area contributed by atoms with E-state index in [9.17, 15) is 19.2 Å². The molecule has 0 saturated carbocycles. The van der Waals surface area contributed by atoms with Crippen LogP contribution < -0.4 is 9.47 Å². The van der Waals surface area contributed by atoms with Gasteiger partial charge in [0.15, 0.2) is 17.2 Å². The summed E-state index contributed by atoms with van der Waals surface area (Å²) in [5.74, 6) is -1.92. The number of hydrogen-bond donors (Lipinski definition) is 0. The van der Waals surface area contributed by atoms with Crippen molar-refractivity contribution in [3.63, 3.8) is 0 Å². The number of ether oxygens (including phenoxy) is 3. The second kappa shape index (κ2) is 14.6. The van der Waals surface area contributed by atoms with Crippen LogP contribution in [0.1, 0.15) is 68.6 Å². The number of nitrogens with zero attached hydrogens (tertiary/aromatic N) is 1. The van der Waals surface area contributed by atoms with Crippen LogP contribution >= 0.6 is 0 Å². The number of rotatable bonds is 15. The maximum atomic E-state index is 13.8. The number of esters is 2. The summed E-state index contributed by atoms with van der Waals surface area (Å²) < 4.78 is 30.3. The van der Waals surface area contributed by atoms with Crippen molar-refractivity contribution in [2.45, 2.75) is 63.9 Å². The standard InChI is InChI=1S/C28H32FNO5/c1-3-5-6-7-12-18-28(21-30,35-26(31)4-2)19-13-20-33-24-16-10-8-14-22(24)27(32)34-25-17-11-9-15-23(25)29/h4,8-11,14-17H,2-3,5-7,12-13,18-20H2,1H3. The number of carbonyl (C=O) groups is 2. The fourth-order valence-electron chi connectivity index (χ4n) is 3.59. The van der Waals surface area contributed by atoms with E-state index in [1.165, 1.54) is 24.3 Å². The highest BCUT2D eigenvalue weighted by Crippen LogP contribution is 2.27. The molecule has 0 bridgehead atoms. The second-order valence-electron chi connectivity index (χ2n) is 8.16. The van der Waals surface area contributed by atoms with Crippen LogP contribution in [0.25, 0.3) is 0 Å². The van der Waals surface area contributed by atoms with Gasteiger partial charge in [-0.25, -0.2) is 14.0 Å². The molecule has 0 amide bonds. The van der Waals surface area contributed by atoms with Gasteiger partial charge in [0.2, 0.25) is 0 Å². The zero-order valence-electron chi connectivity index (χ0n) is 20.1. The molecule has 186 valence electrons. The monoisotopic (exact) mass is 481 g/mol. The minimum Gasteiger partial charge on any atom is -0.493 e. The van der Waals surface area contributed by atoms with Crippen molar-refractivity contribution < 1.29 is 28.2 Å². The van der Waals surface area contributed by atoms with Crippen molar-refractivity contribution in [1.82, 2.24) is 0 Å². The average Bonchev–Trinajstić information content (AvgIpc) is 2.87. The van der Waals surface area contributed by atoms with E-state index >= 15 is 0 Å². The lowest BCUT2D eigenvalue weighted by Crippen LogP contribution is -2.33. The van der Waals surface area contributed by atoms with Gasteiger partial charge in [0.1, 0.15) is 17.4 Å². The Morgan fingerprint density at radius 3 is 2.34 bits per heavy atom. The molecule has 1 atom stereocenters. The number of hydrogen-bond acceptors (Lipinski definition) is 6. The van der Waals surface area contributed by atoms with E-state index < -0.39 is 23.4 Å². The van der Waals surface area contributed by atoms with Gasteiger partial charge in [-0.2, -0.15) is 5.26 Å². The Labute approximate surface area is 206 Å². The number of benzene rings is 2. The topological polar surface area (TPSA) is 85.6 Å². The molecule has 35 heavy (non-hydrogen) atoms. The molecule has 7 heteroatoms. The molecule has 0 fully saturated rings. The first-order valence-corrected chi connectivity index (χ1v) is 11.9. The van der Waals surface area contributed by atoms with E-state index in [4.69, 9.17) is 14.2 Å². The van der Waals surface area contributed by atoms with Crippen LogP contribution in [0.15, 0.2) is 61.2 Å². The van der Waals surface area contributed by atoms with Gasteiger partial charge >= 0.3 is 11.9 Å². The predicted octanol–water partition coefficient (Wildman–Crippen LogP) is 6.56. The number of carbonyl (C=O) groups excluding carboxylic acids is 2. The highest BCUT2D eigenvalue weighted by Gasteiger charge is 2.33. The zero-order valence-corrected chi connectivity index (χ0v) is 20.1. The van der Waals surface area contributed by atoms with Gasteiger partial charge in [0.05, 0.1) is 6.61 Å². The lowest BCUT2D eigenvalue weighted by molar-refractivity contribution is -0.149. The number of unbranched alkanes of at least 4 members (excludes halogenated alkanes) is 4. The molecular weight excluding hydrogens is 449 g/mol. The van der Waals surface area contributed by atoms with Crippen LogP contribution in [0.5, 0.6) is 11.5 Å². The molecule has 0 aliphatic heterocycles. The predicted molar refractivity (Wildman–Crippen MR) is 131 cm³/mol. The number of halogens is 1. The molecule has 2 aromatic carbocycles. The zero-order chi connectivity index (χ0) is 25.5. The van der Waals surface area contributed by atoms with Crippen LogP contribution in [0.3, 0.4) is 0 Å². The van der Waals surface area contributed by atoms with Gasteiger partial charge in [0.25, 0.3) is 0 Å². The minimum atomic E-state index is -1.26. The molecule has 1 unspecified atom stereocenters. The first-order chi connectivity index (χ1) is 16.9. The number of nitriles is 1. The molecule has 2 aromatic rings. The highest BCUT2D eigenvalue weighted by atomic mass is 19.1. The third-order valence-electron chi connectivity index (χ3n) is 5.48. The van der Waals surface area contributed by atoms with E-state index in [-0.39, 0.29) is 30.1 Å². The molecule has 0 aliphatic carbocycles. The van der Waals surface area contributed by atoms with Gasteiger partial charge in [-0.1, -0.05) is 63.5 Å². The molecule has 0 N–H and O–H groups in total. The molecule has 0 heterocycles. The largest absolute Gasteiger partial charge is 0.493 e. The summed E-state index contributed by atoms with van der Waals surface area (Å²) >= 11 is 0. The van der Waals surface area contributed by atoms with Crippen LogP contribution in [-0.4, -0.2) is 24.1 Å². The first-order valence-electron chi connectivity index (χ1n) is 11.9. The summed E-state index contributed by atoms with van der Waals surface area (Å²) in [6.07, 6.45) is 7.19. The smallest absolute Gasteiger partial charge is 0.347 e. The van der Waals surface area contributed by atoms with Crippen molar-refractivity contribution in [1.29, 1.82) is 5.26 Å². The molecule has 0 aliphatic rings. The minimum absolute atomic E-state index is 0.149. The molecule has 0 spiro atoms. The van der Waals surface area contributed by atoms with E-state index in [1.54, 1.807) is 24.3 Å². The van der Waals surface area contributed by atoms with Crippen molar-refractivity contribution >= 4 is 11.9 Å². The van der Waals surface area contributed by atoms with Crippen LogP contribution in [0, 0.1) is 17.1 Å². The number of para-hydroxylation sites is 2. The van der Waals surface area contributed by atoms with Crippen molar-refractivity contribution in [2.24, 2.45) is 0 Å². The quantitative estimate of drug-likeness (QED) is 0.124. The fraction of sp³-hybridized carbons (Fsp3) is 0.393. The molecular formula is C28H32FNO5. The third-order valence-corrected chi connectivity index (χ3v) is 5.48. The SMILES string of the molecule is C=CC(=O)OC(C#N)(CCCCCCC)CCCOc1ccccc1C(=O)Oc1ccccc1F. The summed E-state index contributed by atoms with van der Waals surface area (Å²) in [6, 6.07) is 14.3. The summed E-state index contributed by atoms with van der Waals surface area (Å²) in [5, 5.41) is 9.83. The molecule has 0 aromatic heterocycles. The Morgan fingerprint density at radius 2 is 1.66 bits per heavy atom.